The summed E-state index contributed by atoms with van der Waals surface area (Å²) < 4.78 is 17.2. The normalized spacial score (nSPS) is 15.5. The molecular weight excluding hydrogens is 422 g/mol. The Morgan fingerprint density at radius 3 is 2.47 bits per heavy atom. The summed E-state index contributed by atoms with van der Waals surface area (Å²) in [4.78, 5) is 13.1. The number of carbonyl (C=O) groups excluding carboxylic acids is 1. The van der Waals surface area contributed by atoms with Gasteiger partial charge >= 0.3 is 0 Å². The van der Waals surface area contributed by atoms with Gasteiger partial charge in [-0.25, -0.2) is 0 Å². The Labute approximate surface area is 186 Å². The van der Waals surface area contributed by atoms with Crippen molar-refractivity contribution in [2.24, 2.45) is 0 Å². The average molecular weight is 450 g/mol. The topological polar surface area (TPSA) is 80.8 Å². The number of amides is 1. The van der Waals surface area contributed by atoms with E-state index in [-0.39, 0.29) is 12.0 Å². The molecule has 9 heteroatoms. The molecule has 1 aromatic carbocycles. The lowest BCUT2D eigenvalue weighted by Gasteiger charge is -2.19. The Morgan fingerprint density at radius 2 is 1.90 bits per heavy atom. The number of hydrogen-bond donors (Lipinski definition) is 3. The van der Waals surface area contributed by atoms with Gasteiger partial charge in [0.15, 0.2) is 5.11 Å². The third kappa shape index (κ3) is 6.07. The van der Waals surface area contributed by atoms with Crippen LogP contribution in [0.2, 0.25) is 0 Å². The summed E-state index contributed by atoms with van der Waals surface area (Å²) in [5, 5.41) is 11.6. The molecule has 7 nitrogen and oxygen atoms in total. The van der Waals surface area contributed by atoms with Crippen LogP contribution in [-0.2, 0) is 4.74 Å². The molecule has 1 atom stereocenters. The van der Waals surface area contributed by atoms with Crippen LogP contribution in [-0.4, -0.2) is 43.5 Å². The molecule has 2 aromatic rings. The van der Waals surface area contributed by atoms with Gasteiger partial charge in [-0.05, 0) is 50.4 Å². The first-order chi connectivity index (χ1) is 14.6. The van der Waals surface area contributed by atoms with Gasteiger partial charge in [0.2, 0.25) is 0 Å². The van der Waals surface area contributed by atoms with Crippen LogP contribution < -0.4 is 25.4 Å². The maximum atomic E-state index is 12.5. The second-order valence-corrected chi connectivity index (χ2v) is 7.97. The Balaban J connectivity index is 1.76. The molecule has 0 radical (unpaired) electrons. The maximum Gasteiger partial charge on any atom is 0.265 e. The van der Waals surface area contributed by atoms with Crippen LogP contribution in [0.4, 0.5) is 11.4 Å². The van der Waals surface area contributed by atoms with Crippen molar-refractivity contribution in [1.82, 2.24) is 5.32 Å². The van der Waals surface area contributed by atoms with Crippen molar-refractivity contribution in [2.45, 2.75) is 32.8 Å². The predicted octanol–water partition coefficient (Wildman–Crippen LogP) is 4.26. The number of nitrogens with one attached hydrogen (secondary N) is 3. The van der Waals surface area contributed by atoms with E-state index in [1.807, 2.05) is 25.3 Å². The van der Waals surface area contributed by atoms with Crippen LogP contribution in [0.5, 0.6) is 11.5 Å². The van der Waals surface area contributed by atoms with Crippen molar-refractivity contribution in [3.63, 3.8) is 0 Å². The van der Waals surface area contributed by atoms with E-state index in [4.69, 9.17) is 26.4 Å². The molecule has 3 rings (SSSR count). The zero-order valence-electron chi connectivity index (χ0n) is 17.2. The molecule has 0 bridgehead atoms. The standard InChI is InChI=1S/C21H27N3O4S2/c1-3-26-17-12-16(24-21(29)22-13-14-7-5-9-28-14)18(27-4-2)11-15(17)23-20(25)19-8-6-10-30-19/h6,8,10-12,14H,3-5,7,9,13H2,1-2H3,(H,23,25)(H2,22,24,29). The van der Waals surface area contributed by atoms with Crippen LogP contribution >= 0.6 is 23.6 Å². The lowest BCUT2D eigenvalue weighted by molar-refractivity contribution is 0.103. The van der Waals surface area contributed by atoms with Gasteiger partial charge in [0.05, 0.1) is 35.6 Å². The first kappa shape index (κ1) is 22.3. The van der Waals surface area contributed by atoms with Crippen LogP contribution in [0, 0.1) is 0 Å². The maximum absolute atomic E-state index is 12.5. The summed E-state index contributed by atoms with van der Waals surface area (Å²) in [6.45, 7) is 6.18. The van der Waals surface area contributed by atoms with E-state index in [1.165, 1.54) is 11.3 Å². The Morgan fingerprint density at radius 1 is 1.20 bits per heavy atom. The Bertz CT molecular complexity index is 852. The second kappa shape index (κ2) is 11.1. The largest absolute Gasteiger partial charge is 0.492 e. The molecular formula is C21H27N3O4S2. The van der Waals surface area contributed by atoms with E-state index < -0.39 is 0 Å². The van der Waals surface area contributed by atoms with Gasteiger partial charge in [-0.15, -0.1) is 11.3 Å². The molecule has 1 aromatic heterocycles. The number of benzene rings is 1. The molecule has 1 aliphatic rings. The van der Waals surface area contributed by atoms with Gasteiger partial charge in [-0.3, -0.25) is 4.79 Å². The molecule has 0 saturated carbocycles. The molecule has 2 heterocycles. The van der Waals surface area contributed by atoms with Crippen molar-refractivity contribution in [3.05, 3.63) is 34.5 Å². The predicted molar refractivity (Wildman–Crippen MR) is 124 cm³/mol. The van der Waals surface area contributed by atoms with Crippen molar-refractivity contribution >= 4 is 45.9 Å². The van der Waals surface area contributed by atoms with Crippen LogP contribution in [0.15, 0.2) is 29.6 Å². The van der Waals surface area contributed by atoms with E-state index in [9.17, 15) is 4.79 Å². The highest BCUT2D eigenvalue weighted by Gasteiger charge is 2.18. The minimum atomic E-state index is -0.192. The molecule has 1 aliphatic heterocycles. The van der Waals surface area contributed by atoms with E-state index in [0.29, 0.717) is 52.6 Å². The fourth-order valence-corrected chi connectivity index (χ4v) is 3.89. The zero-order chi connectivity index (χ0) is 21.3. The minimum absolute atomic E-state index is 0.185. The molecule has 1 unspecified atom stereocenters. The molecule has 0 aliphatic carbocycles. The fraction of sp³-hybridized carbons (Fsp3) is 0.429. The number of ether oxygens (including phenoxy) is 3. The van der Waals surface area contributed by atoms with Crippen molar-refractivity contribution in [2.75, 3.05) is 37.0 Å². The molecule has 162 valence electrons. The molecule has 1 saturated heterocycles. The minimum Gasteiger partial charge on any atom is -0.492 e. The number of rotatable bonds is 9. The fourth-order valence-electron chi connectivity index (χ4n) is 3.08. The molecule has 0 spiro atoms. The third-order valence-electron chi connectivity index (χ3n) is 4.44. The summed E-state index contributed by atoms with van der Waals surface area (Å²) in [7, 11) is 0. The first-order valence-electron chi connectivity index (χ1n) is 10.1. The highest BCUT2D eigenvalue weighted by Crippen LogP contribution is 2.37. The van der Waals surface area contributed by atoms with Crippen LogP contribution in [0.25, 0.3) is 0 Å². The van der Waals surface area contributed by atoms with Crippen LogP contribution in [0.3, 0.4) is 0 Å². The zero-order valence-corrected chi connectivity index (χ0v) is 18.8. The van der Waals surface area contributed by atoms with Crippen molar-refractivity contribution in [1.29, 1.82) is 0 Å². The lowest BCUT2D eigenvalue weighted by Crippen LogP contribution is -2.34. The third-order valence-corrected chi connectivity index (χ3v) is 5.55. The van der Waals surface area contributed by atoms with Crippen LogP contribution in [0.1, 0.15) is 36.4 Å². The van der Waals surface area contributed by atoms with Gasteiger partial charge in [-0.1, -0.05) is 6.07 Å². The molecule has 1 amide bonds. The molecule has 30 heavy (non-hydrogen) atoms. The first-order valence-corrected chi connectivity index (χ1v) is 11.3. The highest BCUT2D eigenvalue weighted by atomic mass is 32.1. The summed E-state index contributed by atoms with van der Waals surface area (Å²) in [5.74, 6) is 0.918. The smallest absolute Gasteiger partial charge is 0.265 e. The van der Waals surface area contributed by atoms with Crippen molar-refractivity contribution in [3.8, 4) is 11.5 Å². The number of thiocarbonyl (C=S) groups is 1. The van der Waals surface area contributed by atoms with Gasteiger partial charge in [-0.2, -0.15) is 0 Å². The quantitative estimate of drug-likeness (QED) is 0.494. The second-order valence-electron chi connectivity index (χ2n) is 6.61. The van der Waals surface area contributed by atoms with E-state index in [1.54, 1.807) is 18.2 Å². The van der Waals surface area contributed by atoms with E-state index in [2.05, 4.69) is 16.0 Å². The molecule has 3 N–H and O–H groups in total. The Kier molecular flexibility index (Phi) is 8.30. The summed E-state index contributed by atoms with van der Waals surface area (Å²) in [6.07, 6.45) is 2.30. The Hall–Kier alpha value is -2.36. The highest BCUT2D eigenvalue weighted by molar-refractivity contribution is 7.80. The van der Waals surface area contributed by atoms with E-state index >= 15 is 0 Å². The average Bonchev–Trinajstić information content (AvgIpc) is 3.44. The van der Waals surface area contributed by atoms with Gasteiger partial charge in [0.1, 0.15) is 11.5 Å². The number of hydrogen-bond acceptors (Lipinski definition) is 6. The summed E-state index contributed by atoms with van der Waals surface area (Å²) in [6, 6.07) is 7.16. The van der Waals surface area contributed by atoms with E-state index in [0.717, 1.165) is 19.4 Å². The SMILES string of the molecule is CCOc1cc(NC(=S)NCC2CCCO2)c(OCC)cc1NC(=O)c1cccs1. The van der Waals surface area contributed by atoms with Gasteiger partial charge in [0, 0.05) is 25.3 Å². The van der Waals surface area contributed by atoms with Crippen molar-refractivity contribution < 1.29 is 19.0 Å². The number of thiophene rings is 1. The summed E-state index contributed by atoms with van der Waals surface area (Å²) in [5.41, 5.74) is 1.21. The van der Waals surface area contributed by atoms with Gasteiger partial charge in [0.25, 0.3) is 5.91 Å². The molecule has 1 fully saturated rings. The summed E-state index contributed by atoms with van der Waals surface area (Å²) >= 11 is 6.82. The number of carbonyl (C=O) groups is 1. The monoisotopic (exact) mass is 449 g/mol. The lowest BCUT2D eigenvalue weighted by atomic mass is 10.2. The van der Waals surface area contributed by atoms with Gasteiger partial charge < -0.3 is 30.2 Å². The number of anilines is 2.